The number of carbonyl (C=O) groups is 1. The third-order valence-electron chi connectivity index (χ3n) is 3.05. The fourth-order valence-corrected chi connectivity index (χ4v) is 2.75. The Balaban J connectivity index is 1.83. The summed E-state index contributed by atoms with van der Waals surface area (Å²) in [5.41, 5.74) is 7.37. The molecule has 2 heterocycles. The van der Waals surface area contributed by atoms with Gasteiger partial charge in [0, 0.05) is 17.9 Å². The number of aromatic nitrogens is 2. The molecule has 0 saturated heterocycles. The second-order valence-electron chi connectivity index (χ2n) is 4.54. The molecule has 6 nitrogen and oxygen atoms in total. The summed E-state index contributed by atoms with van der Waals surface area (Å²) < 4.78 is 0. The highest BCUT2D eigenvalue weighted by Crippen LogP contribution is 2.20. The SMILES string of the molecule is Nc1nnc(CN2N=C(c3ccc(Cl)cc3)CCC2=O)s1. The fourth-order valence-electron chi connectivity index (χ4n) is 2.03. The summed E-state index contributed by atoms with van der Waals surface area (Å²) in [6.45, 7) is 0.296. The van der Waals surface area contributed by atoms with Gasteiger partial charge in [-0.05, 0) is 17.7 Å². The summed E-state index contributed by atoms with van der Waals surface area (Å²) in [5, 5.41) is 15.2. The normalized spacial score (nSPS) is 15.2. The number of nitrogen functional groups attached to an aromatic ring is 1. The van der Waals surface area contributed by atoms with E-state index in [0.29, 0.717) is 34.5 Å². The van der Waals surface area contributed by atoms with Gasteiger partial charge in [-0.2, -0.15) is 5.10 Å². The van der Waals surface area contributed by atoms with Crippen LogP contribution >= 0.6 is 22.9 Å². The number of hydrogen-bond donors (Lipinski definition) is 1. The van der Waals surface area contributed by atoms with Gasteiger partial charge in [0.25, 0.3) is 0 Å². The van der Waals surface area contributed by atoms with E-state index in [-0.39, 0.29) is 5.91 Å². The average molecular weight is 322 g/mol. The number of hydrogen-bond acceptors (Lipinski definition) is 6. The van der Waals surface area contributed by atoms with E-state index in [0.717, 1.165) is 11.3 Å². The van der Waals surface area contributed by atoms with Crippen LogP contribution in [0.15, 0.2) is 29.4 Å². The van der Waals surface area contributed by atoms with Crippen molar-refractivity contribution >= 4 is 39.7 Å². The minimum absolute atomic E-state index is 0.0264. The standard InChI is InChI=1S/C13H12ClN5OS/c14-9-3-1-8(2-4-9)10-5-6-12(20)19(18-10)7-11-16-17-13(15)21-11/h1-4H,5-7H2,(H2,15,17). The van der Waals surface area contributed by atoms with E-state index >= 15 is 0 Å². The Hall–Kier alpha value is -1.99. The van der Waals surface area contributed by atoms with E-state index < -0.39 is 0 Å². The van der Waals surface area contributed by atoms with Crippen LogP contribution in [0.5, 0.6) is 0 Å². The molecule has 0 unspecified atom stereocenters. The molecule has 1 aliphatic heterocycles. The number of nitrogens with zero attached hydrogens (tertiary/aromatic N) is 4. The molecular weight excluding hydrogens is 310 g/mol. The lowest BCUT2D eigenvalue weighted by Gasteiger charge is -2.22. The van der Waals surface area contributed by atoms with Crippen molar-refractivity contribution in [2.45, 2.75) is 19.4 Å². The van der Waals surface area contributed by atoms with Gasteiger partial charge in [-0.1, -0.05) is 35.1 Å². The Kier molecular flexibility index (Phi) is 3.85. The number of halogens is 1. The molecule has 108 valence electrons. The van der Waals surface area contributed by atoms with Crippen LogP contribution in [0.1, 0.15) is 23.4 Å². The van der Waals surface area contributed by atoms with E-state index in [1.165, 1.54) is 16.3 Å². The zero-order valence-corrected chi connectivity index (χ0v) is 12.6. The number of anilines is 1. The van der Waals surface area contributed by atoms with Gasteiger partial charge in [-0.15, -0.1) is 10.2 Å². The van der Waals surface area contributed by atoms with Crippen LogP contribution < -0.4 is 5.73 Å². The van der Waals surface area contributed by atoms with Crippen LogP contribution in [0, 0.1) is 0 Å². The summed E-state index contributed by atoms with van der Waals surface area (Å²) in [6.07, 6.45) is 1.05. The molecule has 0 fully saturated rings. The van der Waals surface area contributed by atoms with Gasteiger partial charge in [0.05, 0.1) is 12.3 Å². The van der Waals surface area contributed by atoms with Gasteiger partial charge in [-0.25, -0.2) is 5.01 Å². The fraction of sp³-hybridized carbons (Fsp3) is 0.231. The molecule has 1 aromatic carbocycles. The Labute approximate surface area is 130 Å². The Bertz CT molecular complexity index is 697. The van der Waals surface area contributed by atoms with Crippen molar-refractivity contribution in [2.75, 3.05) is 5.73 Å². The largest absolute Gasteiger partial charge is 0.374 e. The first-order valence-electron chi connectivity index (χ1n) is 6.33. The highest BCUT2D eigenvalue weighted by atomic mass is 35.5. The summed E-state index contributed by atoms with van der Waals surface area (Å²) in [5.74, 6) is -0.0264. The van der Waals surface area contributed by atoms with Crippen LogP contribution in [0.2, 0.25) is 5.02 Å². The van der Waals surface area contributed by atoms with Gasteiger partial charge in [0.15, 0.2) is 0 Å². The molecule has 0 aliphatic carbocycles. The molecule has 0 saturated carbocycles. The molecule has 0 radical (unpaired) electrons. The van der Waals surface area contributed by atoms with Crippen LogP contribution in [-0.4, -0.2) is 26.8 Å². The van der Waals surface area contributed by atoms with Gasteiger partial charge < -0.3 is 5.73 Å². The predicted octanol–water partition coefficient (Wildman–Crippen LogP) is 2.30. The van der Waals surface area contributed by atoms with Crippen LogP contribution in [0.25, 0.3) is 0 Å². The first-order chi connectivity index (χ1) is 10.1. The van der Waals surface area contributed by atoms with E-state index in [4.69, 9.17) is 17.3 Å². The van der Waals surface area contributed by atoms with Crippen molar-refractivity contribution in [3.8, 4) is 0 Å². The van der Waals surface area contributed by atoms with Crippen molar-refractivity contribution in [1.82, 2.24) is 15.2 Å². The summed E-state index contributed by atoms with van der Waals surface area (Å²) in [7, 11) is 0. The maximum absolute atomic E-state index is 12.0. The highest BCUT2D eigenvalue weighted by Gasteiger charge is 2.22. The molecule has 2 N–H and O–H groups in total. The molecule has 8 heteroatoms. The maximum atomic E-state index is 12.0. The van der Waals surface area contributed by atoms with Crippen molar-refractivity contribution in [3.63, 3.8) is 0 Å². The molecule has 21 heavy (non-hydrogen) atoms. The second-order valence-corrected chi connectivity index (χ2v) is 6.07. The monoisotopic (exact) mass is 321 g/mol. The lowest BCUT2D eigenvalue weighted by Crippen LogP contribution is -2.31. The van der Waals surface area contributed by atoms with Gasteiger partial charge in [0.1, 0.15) is 5.01 Å². The van der Waals surface area contributed by atoms with Crippen LogP contribution in [-0.2, 0) is 11.3 Å². The maximum Gasteiger partial charge on any atom is 0.243 e. The first kappa shape index (κ1) is 14.0. The lowest BCUT2D eigenvalue weighted by molar-refractivity contribution is -0.132. The van der Waals surface area contributed by atoms with Gasteiger partial charge in [-0.3, -0.25) is 4.79 Å². The number of nitrogens with two attached hydrogens (primary N) is 1. The second kappa shape index (κ2) is 5.79. The highest BCUT2D eigenvalue weighted by molar-refractivity contribution is 7.15. The Morgan fingerprint density at radius 2 is 2.00 bits per heavy atom. The number of hydrazone groups is 1. The topological polar surface area (TPSA) is 84.5 Å². The summed E-state index contributed by atoms with van der Waals surface area (Å²) in [4.78, 5) is 12.0. The number of rotatable bonds is 3. The third kappa shape index (κ3) is 3.20. The average Bonchev–Trinajstić information content (AvgIpc) is 2.88. The molecule has 3 rings (SSSR count). The number of benzene rings is 1. The zero-order valence-electron chi connectivity index (χ0n) is 11.0. The quantitative estimate of drug-likeness (QED) is 0.940. The van der Waals surface area contributed by atoms with Gasteiger partial charge >= 0.3 is 0 Å². The molecule has 1 amide bonds. The predicted molar refractivity (Wildman–Crippen MR) is 82.1 cm³/mol. The Morgan fingerprint density at radius 3 is 2.67 bits per heavy atom. The van der Waals surface area contributed by atoms with Crippen molar-refractivity contribution in [2.24, 2.45) is 5.10 Å². The number of amides is 1. The smallest absolute Gasteiger partial charge is 0.243 e. The first-order valence-corrected chi connectivity index (χ1v) is 7.53. The van der Waals surface area contributed by atoms with Crippen molar-refractivity contribution in [1.29, 1.82) is 0 Å². The minimum atomic E-state index is -0.0264. The van der Waals surface area contributed by atoms with Crippen molar-refractivity contribution < 1.29 is 4.79 Å². The molecule has 0 spiro atoms. The van der Waals surface area contributed by atoms with E-state index in [9.17, 15) is 4.79 Å². The zero-order chi connectivity index (χ0) is 14.8. The molecule has 0 bridgehead atoms. The van der Waals surface area contributed by atoms with E-state index in [1.54, 1.807) is 0 Å². The molecule has 1 aliphatic rings. The summed E-state index contributed by atoms with van der Waals surface area (Å²) in [6, 6.07) is 7.42. The Morgan fingerprint density at radius 1 is 1.24 bits per heavy atom. The summed E-state index contributed by atoms with van der Waals surface area (Å²) >= 11 is 7.14. The molecule has 0 atom stereocenters. The van der Waals surface area contributed by atoms with Crippen LogP contribution in [0.3, 0.4) is 0 Å². The third-order valence-corrected chi connectivity index (χ3v) is 4.04. The number of carbonyl (C=O) groups excluding carboxylic acids is 1. The molecular formula is C13H12ClN5OS. The van der Waals surface area contributed by atoms with Crippen molar-refractivity contribution in [3.05, 3.63) is 39.9 Å². The van der Waals surface area contributed by atoms with E-state index in [1.807, 2.05) is 24.3 Å². The molecule has 2 aromatic rings. The van der Waals surface area contributed by atoms with Gasteiger partial charge in [0.2, 0.25) is 11.0 Å². The van der Waals surface area contributed by atoms with E-state index in [2.05, 4.69) is 15.3 Å². The minimum Gasteiger partial charge on any atom is -0.374 e. The van der Waals surface area contributed by atoms with Crippen LogP contribution in [0.4, 0.5) is 5.13 Å². The lowest BCUT2D eigenvalue weighted by atomic mass is 10.0. The molecule has 1 aromatic heterocycles.